The van der Waals surface area contributed by atoms with Gasteiger partial charge in [-0.25, -0.2) is 9.97 Å². The maximum absolute atomic E-state index is 10.9. The Balaban J connectivity index is 1.96. The Labute approximate surface area is 127 Å². The lowest BCUT2D eigenvalue weighted by molar-refractivity contribution is -0.385. The van der Waals surface area contributed by atoms with Crippen LogP contribution in [0.1, 0.15) is 11.4 Å². The third kappa shape index (κ3) is 2.82. The van der Waals surface area contributed by atoms with Gasteiger partial charge in [-0.15, -0.1) is 0 Å². The Bertz CT molecular complexity index is 857. The number of nitrogens with one attached hydrogen (secondary N) is 1. The van der Waals surface area contributed by atoms with Gasteiger partial charge in [-0.3, -0.25) is 10.1 Å². The van der Waals surface area contributed by atoms with E-state index >= 15 is 0 Å². The van der Waals surface area contributed by atoms with Crippen LogP contribution in [0.4, 0.5) is 5.69 Å². The van der Waals surface area contributed by atoms with Crippen LogP contribution in [0.25, 0.3) is 23.3 Å². The number of pyridine rings is 1. The van der Waals surface area contributed by atoms with E-state index < -0.39 is 4.92 Å². The highest BCUT2D eigenvalue weighted by Crippen LogP contribution is 2.21. The SMILES string of the molecule is O=[N+]([O-])c1ccccc1/C=C/c1nc2ncc(Br)cc2[nH]1. The smallest absolute Gasteiger partial charge is 0.276 e. The summed E-state index contributed by atoms with van der Waals surface area (Å²) >= 11 is 3.34. The predicted octanol–water partition coefficient (Wildman–Crippen LogP) is 3.80. The normalized spacial score (nSPS) is 11.3. The van der Waals surface area contributed by atoms with Crippen molar-refractivity contribution in [1.82, 2.24) is 15.0 Å². The van der Waals surface area contributed by atoms with E-state index in [1.54, 1.807) is 36.5 Å². The summed E-state index contributed by atoms with van der Waals surface area (Å²) in [6.07, 6.45) is 5.02. The van der Waals surface area contributed by atoms with Crippen molar-refractivity contribution in [2.75, 3.05) is 0 Å². The van der Waals surface area contributed by atoms with Crippen molar-refractivity contribution < 1.29 is 4.92 Å². The number of para-hydroxylation sites is 1. The van der Waals surface area contributed by atoms with Crippen molar-refractivity contribution in [2.45, 2.75) is 0 Å². The molecule has 3 rings (SSSR count). The van der Waals surface area contributed by atoms with E-state index in [0.29, 0.717) is 17.0 Å². The van der Waals surface area contributed by atoms with Crippen molar-refractivity contribution in [2.24, 2.45) is 0 Å². The molecule has 0 saturated heterocycles. The lowest BCUT2D eigenvalue weighted by atomic mass is 10.1. The lowest BCUT2D eigenvalue weighted by Gasteiger charge is -1.95. The third-order valence-electron chi connectivity index (χ3n) is 2.88. The second-order valence-electron chi connectivity index (χ2n) is 4.30. The number of aromatic amines is 1. The van der Waals surface area contributed by atoms with E-state index in [1.807, 2.05) is 6.07 Å². The molecule has 21 heavy (non-hydrogen) atoms. The quantitative estimate of drug-likeness (QED) is 0.578. The molecule has 0 saturated carbocycles. The molecule has 0 spiro atoms. The highest BCUT2D eigenvalue weighted by Gasteiger charge is 2.09. The molecule has 1 aromatic carbocycles. The summed E-state index contributed by atoms with van der Waals surface area (Å²) in [6.45, 7) is 0. The molecule has 0 radical (unpaired) electrons. The van der Waals surface area contributed by atoms with Crippen molar-refractivity contribution in [3.8, 4) is 0 Å². The molecule has 0 aliphatic heterocycles. The first-order valence-corrected chi connectivity index (χ1v) is 6.85. The zero-order valence-corrected chi connectivity index (χ0v) is 12.2. The fourth-order valence-corrected chi connectivity index (χ4v) is 2.27. The molecule has 0 atom stereocenters. The third-order valence-corrected chi connectivity index (χ3v) is 3.31. The van der Waals surface area contributed by atoms with Crippen LogP contribution >= 0.6 is 15.9 Å². The molecule has 0 bridgehead atoms. The highest BCUT2D eigenvalue weighted by atomic mass is 79.9. The van der Waals surface area contributed by atoms with Gasteiger partial charge in [-0.2, -0.15) is 0 Å². The minimum absolute atomic E-state index is 0.0609. The molecule has 2 aromatic heterocycles. The van der Waals surface area contributed by atoms with Crippen molar-refractivity contribution in [3.05, 3.63) is 62.5 Å². The molecule has 0 fully saturated rings. The van der Waals surface area contributed by atoms with Crippen molar-refractivity contribution >= 4 is 44.9 Å². The number of nitro groups is 1. The Morgan fingerprint density at radius 2 is 2.10 bits per heavy atom. The van der Waals surface area contributed by atoms with Crippen LogP contribution in [0, 0.1) is 10.1 Å². The van der Waals surface area contributed by atoms with Crippen LogP contribution in [0.3, 0.4) is 0 Å². The number of fused-ring (bicyclic) bond motifs is 1. The summed E-state index contributed by atoms with van der Waals surface area (Å²) in [5.74, 6) is 0.591. The first-order valence-electron chi connectivity index (χ1n) is 6.06. The fraction of sp³-hybridized carbons (Fsp3) is 0. The molecular weight excluding hydrogens is 336 g/mol. The van der Waals surface area contributed by atoms with Crippen LogP contribution in [-0.4, -0.2) is 19.9 Å². The molecule has 3 aromatic rings. The first kappa shape index (κ1) is 13.4. The van der Waals surface area contributed by atoms with Crippen molar-refractivity contribution in [1.29, 1.82) is 0 Å². The molecule has 6 nitrogen and oxygen atoms in total. The largest absolute Gasteiger partial charge is 0.337 e. The first-order chi connectivity index (χ1) is 10.1. The zero-order chi connectivity index (χ0) is 14.8. The molecule has 7 heteroatoms. The van der Waals surface area contributed by atoms with Crippen molar-refractivity contribution in [3.63, 3.8) is 0 Å². The summed E-state index contributed by atoms with van der Waals surface area (Å²) in [7, 11) is 0. The molecule has 0 amide bonds. The van der Waals surface area contributed by atoms with Gasteiger partial charge in [-0.05, 0) is 40.2 Å². The maximum Gasteiger partial charge on any atom is 0.276 e. The molecule has 0 aliphatic carbocycles. The fourth-order valence-electron chi connectivity index (χ4n) is 1.94. The van der Waals surface area contributed by atoms with Gasteiger partial charge < -0.3 is 4.98 Å². The van der Waals surface area contributed by atoms with Crippen LogP contribution in [0.5, 0.6) is 0 Å². The number of benzene rings is 1. The Kier molecular flexibility index (Phi) is 3.49. The summed E-state index contributed by atoms with van der Waals surface area (Å²) in [5, 5.41) is 10.9. The van der Waals surface area contributed by atoms with Gasteiger partial charge >= 0.3 is 0 Å². The minimum Gasteiger partial charge on any atom is -0.337 e. The standard InChI is InChI=1S/C14H9BrN4O2/c15-10-7-11-14(16-8-10)18-13(17-11)6-5-9-3-1-2-4-12(9)19(20)21/h1-8H,(H,16,17,18)/b6-5+. The van der Waals surface area contributed by atoms with E-state index in [9.17, 15) is 10.1 Å². The van der Waals surface area contributed by atoms with Crippen LogP contribution in [0.15, 0.2) is 41.0 Å². The number of H-pyrrole nitrogens is 1. The van der Waals surface area contributed by atoms with E-state index in [2.05, 4.69) is 30.9 Å². The van der Waals surface area contributed by atoms with Gasteiger partial charge in [0.1, 0.15) is 5.82 Å². The number of hydrogen-bond acceptors (Lipinski definition) is 4. The molecular formula is C14H9BrN4O2. The molecule has 104 valence electrons. The van der Waals surface area contributed by atoms with Gasteiger partial charge in [0.25, 0.3) is 5.69 Å². The van der Waals surface area contributed by atoms with E-state index in [4.69, 9.17) is 0 Å². The van der Waals surface area contributed by atoms with Gasteiger partial charge in [0, 0.05) is 16.7 Å². The number of aromatic nitrogens is 3. The average Bonchev–Trinajstić information content (AvgIpc) is 2.87. The summed E-state index contributed by atoms with van der Waals surface area (Å²) in [4.78, 5) is 22.1. The van der Waals surface area contributed by atoms with E-state index in [0.717, 1.165) is 9.99 Å². The topological polar surface area (TPSA) is 84.7 Å². The average molecular weight is 345 g/mol. The van der Waals surface area contributed by atoms with E-state index in [-0.39, 0.29) is 5.69 Å². The number of nitrogens with zero attached hydrogens (tertiary/aromatic N) is 3. The van der Waals surface area contributed by atoms with Gasteiger partial charge in [0.15, 0.2) is 5.65 Å². The Hall–Kier alpha value is -2.54. The monoisotopic (exact) mass is 344 g/mol. The van der Waals surface area contributed by atoms with Gasteiger partial charge in [0.2, 0.25) is 0 Å². The Morgan fingerprint density at radius 3 is 2.90 bits per heavy atom. The predicted molar refractivity (Wildman–Crippen MR) is 83.6 cm³/mol. The molecule has 1 N–H and O–H groups in total. The second-order valence-corrected chi connectivity index (χ2v) is 5.21. The number of halogens is 1. The molecule has 2 heterocycles. The zero-order valence-electron chi connectivity index (χ0n) is 10.7. The number of nitro benzene ring substituents is 1. The van der Waals surface area contributed by atoms with E-state index in [1.165, 1.54) is 6.07 Å². The summed E-state index contributed by atoms with van der Waals surface area (Å²) in [6, 6.07) is 8.42. The minimum atomic E-state index is -0.406. The van der Waals surface area contributed by atoms with Gasteiger partial charge in [-0.1, -0.05) is 12.1 Å². The maximum atomic E-state index is 10.9. The van der Waals surface area contributed by atoms with Gasteiger partial charge in [0.05, 0.1) is 16.0 Å². The highest BCUT2D eigenvalue weighted by molar-refractivity contribution is 9.10. The van der Waals surface area contributed by atoms with Crippen LogP contribution < -0.4 is 0 Å². The number of hydrogen-bond donors (Lipinski definition) is 1. The second kappa shape index (κ2) is 5.45. The summed E-state index contributed by atoms with van der Waals surface area (Å²) in [5.41, 5.74) is 1.98. The van der Waals surface area contributed by atoms with Crippen LogP contribution in [-0.2, 0) is 0 Å². The number of imidazole rings is 1. The number of rotatable bonds is 3. The molecule has 0 unspecified atom stereocenters. The Morgan fingerprint density at radius 1 is 1.29 bits per heavy atom. The molecule has 0 aliphatic rings. The summed E-state index contributed by atoms with van der Waals surface area (Å²) < 4.78 is 0.855. The lowest BCUT2D eigenvalue weighted by Crippen LogP contribution is -1.90. The van der Waals surface area contributed by atoms with Crippen LogP contribution in [0.2, 0.25) is 0 Å².